The van der Waals surface area contributed by atoms with Crippen LogP contribution in [0.2, 0.25) is 0 Å². The van der Waals surface area contributed by atoms with Crippen molar-refractivity contribution in [1.82, 2.24) is 14.6 Å². The molecule has 4 rings (SSSR count). The average Bonchev–Trinajstić information content (AvgIpc) is 3.63. The van der Waals surface area contributed by atoms with Gasteiger partial charge in [-0.3, -0.25) is 9.35 Å². The van der Waals surface area contributed by atoms with Crippen LogP contribution < -0.4 is 5.32 Å². The van der Waals surface area contributed by atoms with Gasteiger partial charge in [-0.1, -0.05) is 51.0 Å². The first-order valence-corrected chi connectivity index (χ1v) is 13.2. The molecule has 7 nitrogen and oxygen atoms in total. The number of nitrogens with zero attached hydrogens (tertiary/aromatic N) is 2. The van der Waals surface area contributed by atoms with E-state index in [4.69, 9.17) is 9.40 Å². The monoisotopic (exact) mass is 483 g/mol. The number of hydrogen-bond acceptors (Lipinski definition) is 4. The zero-order chi connectivity index (χ0) is 24.2. The van der Waals surface area contributed by atoms with Gasteiger partial charge in [0.25, 0.3) is 5.91 Å². The van der Waals surface area contributed by atoms with Crippen molar-refractivity contribution in [2.45, 2.75) is 64.8 Å². The van der Waals surface area contributed by atoms with Crippen molar-refractivity contribution in [3.63, 3.8) is 0 Å². The van der Waals surface area contributed by atoms with Gasteiger partial charge in [0.15, 0.2) is 0 Å². The van der Waals surface area contributed by atoms with Crippen molar-refractivity contribution in [3.05, 3.63) is 52.7 Å². The van der Waals surface area contributed by atoms with E-state index >= 15 is 0 Å². The second kappa shape index (κ2) is 10.8. The highest BCUT2D eigenvalue weighted by molar-refractivity contribution is 7.76. The van der Waals surface area contributed by atoms with Crippen LogP contribution in [0.25, 0.3) is 22.4 Å². The Morgan fingerprint density at radius 3 is 2.56 bits per heavy atom. The lowest BCUT2D eigenvalue weighted by Gasteiger charge is -2.18. The molecular formula is C26H33N3O4S. The molecule has 1 aromatic carbocycles. The molecule has 1 aliphatic rings. The number of carbonyl (C=O) groups excluding carboxylic acids is 1. The molecule has 8 heteroatoms. The Labute approximate surface area is 203 Å². The van der Waals surface area contributed by atoms with E-state index in [1.807, 2.05) is 30.3 Å². The number of furan rings is 1. The van der Waals surface area contributed by atoms with Crippen molar-refractivity contribution in [2.24, 2.45) is 0 Å². The molecule has 2 aromatic heterocycles. The first-order chi connectivity index (χ1) is 16.5. The number of aromatic nitrogens is 1. The van der Waals surface area contributed by atoms with Crippen molar-refractivity contribution in [1.29, 1.82) is 0 Å². The zero-order valence-electron chi connectivity index (χ0n) is 20.1. The molecule has 2 N–H and O–H groups in total. The number of benzene rings is 1. The van der Waals surface area contributed by atoms with E-state index in [0.717, 1.165) is 55.3 Å². The van der Waals surface area contributed by atoms with Gasteiger partial charge in [-0.2, -0.15) is 4.31 Å². The van der Waals surface area contributed by atoms with Crippen molar-refractivity contribution in [2.75, 3.05) is 13.6 Å². The minimum absolute atomic E-state index is 0.220. The topological polar surface area (TPSA) is 95.7 Å². The highest BCUT2D eigenvalue weighted by Gasteiger charge is 2.31. The summed E-state index contributed by atoms with van der Waals surface area (Å²) in [7, 11) is 1.61. The minimum atomic E-state index is -2.08. The molecule has 0 spiro atoms. The Hall–Kier alpha value is -2.55. The van der Waals surface area contributed by atoms with E-state index in [1.165, 1.54) is 5.56 Å². The van der Waals surface area contributed by atoms with Crippen molar-refractivity contribution in [3.8, 4) is 11.3 Å². The Morgan fingerprint density at radius 1 is 1.24 bits per heavy atom. The van der Waals surface area contributed by atoms with Crippen LogP contribution in [-0.4, -0.2) is 37.6 Å². The summed E-state index contributed by atoms with van der Waals surface area (Å²) in [6.07, 6.45) is 5.93. The lowest BCUT2D eigenvalue weighted by molar-refractivity contribution is 0.0964. The molecule has 1 fully saturated rings. The molecule has 3 aromatic rings. The second-order valence-corrected chi connectivity index (χ2v) is 9.87. The normalized spacial score (nSPS) is 14.6. The summed E-state index contributed by atoms with van der Waals surface area (Å²) >= 11 is -2.08. The van der Waals surface area contributed by atoms with Gasteiger partial charge in [0.1, 0.15) is 5.76 Å². The maximum absolute atomic E-state index is 12.9. The van der Waals surface area contributed by atoms with E-state index in [9.17, 15) is 13.6 Å². The molecule has 0 aliphatic heterocycles. The van der Waals surface area contributed by atoms with Crippen molar-refractivity contribution < 1.29 is 18.0 Å². The predicted octanol–water partition coefficient (Wildman–Crippen LogP) is 5.42. The number of hydrogen-bond donors (Lipinski definition) is 2. The Morgan fingerprint density at radius 2 is 1.97 bits per heavy atom. The number of pyridine rings is 1. The van der Waals surface area contributed by atoms with Crippen LogP contribution in [0.4, 0.5) is 0 Å². The first-order valence-electron chi connectivity index (χ1n) is 12.1. The van der Waals surface area contributed by atoms with Gasteiger partial charge < -0.3 is 9.73 Å². The highest BCUT2D eigenvalue weighted by Crippen LogP contribution is 2.44. The number of aryl methyl sites for hydroxylation is 1. The summed E-state index contributed by atoms with van der Waals surface area (Å²) in [5, 5.41) is 3.42. The SMILES string of the molecule is CCCCCN(Cc1nc2oc(-c3ccc(CC)cc3)c(C(=O)NC)c2cc1C1CC1)S(=O)O. The third-order valence-corrected chi connectivity index (χ3v) is 7.20. The van der Waals surface area contributed by atoms with Crippen LogP contribution in [0.3, 0.4) is 0 Å². The summed E-state index contributed by atoms with van der Waals surface area (Å²) in [4.78, 5) is 17.7. The number of rotatable bonds is 11. The molecule has 182 valence electrons. The summed E-state index contributed by atoms with van der Waals surface area (Å²) in [6.45, 7) is 5.00. The Balaban J connectivity index is 1.80. The number of nitrogens with one attached hydrogen (secondary N) is 1. The maximum atomic E-state index is 12.9. The summed E-state index contributed by atoms with van der Waals surface area (Å²) in [6, 6.07) is 10.0. The molecule has 1 unspecified atom stereocenters. The van der Waals surface area contributed by atoms with Gasteiger partial charge >= 0.3 is 0 Å². The van der Waals surface area contributed by atoms with E-state index in [-0.39, 0.29) is 12.5 Å². The van der Waals surface area contributed by atoms with Gasteiger partial charge in [0.2, 0.25) is 17.0 Å². The first kappa shape index (κ1) is 24.6. The lowest BCUT2D eigenvalue weighted by atomic mass is 10.0. The maximum Gasteiger partial charge on any atom is 0.255 e. The predicted molar refractivity (Wildman–Crippen MR) is 135 cm³/mol. The minimum Gasteiger partial charge on any atom is -0.437 e. The quantitative estimate of drug-likeness (QED) is 0.280. The molecule has 0 saturated heterocycles. The van der Waals surface area contributed by atoms with E-state index in [0.29, 0.717) is 34.9 Å². The second-order valence-electron chi connectivity index (χ2n) is 8.89. The van der Waals surface area contributed by atoms with Crippen molar-refractivity contribution >= 4 is 28.3 Å². The number of unbranched alkanes of at least 4 members (excludes halogenated alkanes) is 2. The summed E-state index contributed by atoms with van der Waals surface area (Å²) in [5.74, 6) is 0.632. The fraction of sp³-hybridized carbons (Fsp3) is 0.462. The van der Waals surface area contributed by atoms with Crippen LogP contribution in [0, 0.1) is 0 Å². The average molecular weight is 484 g/mol. The molecular weight excluding hydrogens is 450 g/mol. The smallest absolute Gasteiger partial charge is 0.255 e. The number of fused-ring (bicyclic) bond motifs is 1. The van der Waals surface area contributed by atoms with Crippen LogP contribution in [0.5, 0.6) is 0 Å². The van der Waals surface area contributed by atoms with E-state index < -0.39 is 11.3 Å². The Bertz CT molecular complexity index is 1180. The standard InChI is InChI=1S/C26H33N3O4S/c1-4-6-7-14-29(34(31)32)16-22-20(18-12-13-18)15-21-23(25(30)27-3)24(33-26(21)28-22)19-10-8-17(5-2)9-11-19/h8-11,15,18H,4-7,12-14,16H2,1-3H3,(H,27,30)(H,31,32). The highest BCUT2D eigenvalue weighted by atomic mass is 32.2. The van der Waals surface area contributed by atoms with Crippen LogP contribution in [0.15, 0.2) is 34.7 Å². The van der Waals surface area contributed by atoms with Gasteiger partial charge in [-0.15, -0.1) is 0 Å². The zero-order valence-corrected chi connectivity index (χ0v) is 20.9. The number of amides is 1. The molecule has 1 aliphatic carbocycles. The molecule has 1 atom stereocenters. The summed E-state index contributed by atoms with van der Waals surface area (Å²) < 4.78 is 29.6. The number of carbonyl (C=O) groups is 1. The third kappa shape index (κ3) is 5.24. The van der Waals surface area contributed by atoms with Crippen LogP contribution >= 0.6 is 0 Å². The fourth-order valence-electron chi connectivity index (χ4n) is 4.31. The lowest BCUT2D eigenvalue weighted by Crippen LogP contribution is -2.27. The fourth-order valence-corrected chi connectivity index (χ4v) is 4.83. The van der Waals surface area contributed by atoms with E-state index in [2.05, 4.69) is 19.2 Å². The molecule has 0 bridgehead atoms. The molecule has 1 amide bonds. The van der Waals surface area contributed by atoms with E-state index in [1.54, 1.807) is 11.4 Å². The van der Waals surface area contributed by atoms with Gasteiger partial charge in [-0.25, -0.2) is 9.19 Å². The van der Waals surface area contributed by atoms with Crippen LogP contribution in [0.1, 0.15) is 79.0 Å². The summed E-state index contributed by atoms with van der Waals surface area (Å²) in [5.41, 5.74) is 4.67. The molecule has 34 heavy (non-hydrogen) atoms. The molecule has 1 saturated carbocycles. The largest absolute Gasteiger partial charge is 0.437 e. The van der Waals surface area contributed by atoms with Gasteiger partial charge in [0.05, 0.1) is 23.2 Å². The Kier molecular flexibility index (Phi) is 7.80. The molecule has 2 heterocycles. The van der Waals surface area contributed by atoms with Gasteiger partial charge in [0, 0.05) is 19.2 Å². The third-order valence-electron chi connectivity index (χ3n) is 6.45. The molecule has 0 radical (unpaired) electrons. The van der Waals surface area contributed by atoms with Gasteiger partial charge in [-0.05, 0) is 48.8 Å². The van der Waals surface area contributed by atoms with Crippen LogP contribution in [-0.2, 0) is 24.2 Å².